The molecule has 0 aliphatic rings. The Morgan fingerprint density at radius 2 is 1.00 bits per heavy atom. The van der Waals surface area contributed by atoms with Gasteiger partial charge in [0.1, 0.15) is 17.2 Å². The monoisotopic (exact) mass is 346 g/mol. The molecule has 26 heavy (non-hydrogen) atoms. The van der Waals surface area contributed by atoms with Gasteiger partial charge < -0.3 is 15.3 Å². The second kappa shape index (κ2) is 7.98. The van der Waals surface area contributed by atoms with Crippen LogP contribution in [0.25, 0.3) is 0 Å². The molecule has 0 amide bonds. The minimum atomic E-state index is -0.726. The molecule has 3 aromatic rings. The van der Waals surface area contributed by atoms with Crippen LogP contribution in [0, 0.1) is 0 Å². The van der Waals surface area contributed by atoms with Gasteiger partial charge in [-0.1, -0.05) is 42.5 Å². The van der Waals surface area contributed by atoms with Crippen molar-refractivity contribution in [1.82, 2.24) is 0 Å². The maximum atomic E-state index is 10.1. The summed E-state index contributed by atoms with van der Waals surface area (Å²) in [4.78, 5) is 8.81. The van der Waals surface area contributed by atoms with Crippen molar-refractivity contribution in [3.05, 3.63) is 89.5 Å². The van der Waals surface area contributed by atoms with E-state index in [2.05, 4.69) is 9.98 Å². The molecule has 0 aliphatic carbocycles. The van der Waals surface area contributed by atoms with E-state index < -0.39 is 6.17 Å². The molecule has 3 rings (SSSR count). The van der Waals surface area contributed by atoms with Crippen LogP contribution in [-0.4, -0.2) is 27.7 Å². The van der Waals surface area contributed by atoms with Gasteiger partial charge in [-0.15, -0.1) is 0 Å². The Hall–Kier alpha value is -3.60. The molecule has 0 aromatic heterocycles. The summed E-state index contributed by atoms with van der Waals surface area (Å²) < 4.78 is 0. The molecule has 3 aromatic carbocycles. The normalized spacial score (nSPS) is 11.6. The van der Waals surface area contributed by atoms with Crippen LogP contribution in [-0.2, 0) is 0 Å². The summed E-state index contributed by atoms with van der Waals surface area (Å²) >= 11 is 0. The standard InChI is InChI=1S/C21H18N2O3/c24-18-10-4-1-7-15(18)13-22-21(17-9-3-6-12-20(17)26)23-14-16-8-2-5-11-19(16)25/h1-14,21,24-26H/b22-13+,23-14+. The van der Waals surface area contributed by atoms with Gasteiger partial charge in [-0.2, -0.15) is 0 Å². The highest BCUT2D eigenvalue weighted by Crippen LogP contribution is 2.28. The van der Waals surface area contributed by atoms with Crippen molar-refractivity contribution >= 4 is 12.4 Å². The van der Waals surface area contributed by atoms with Crippen LogP contribution in [0.3, 0.4) is 0 Å². The van der Waals surface area contributed by atoms with E-state index in [9.17, 15) is 15.3 Å². The Bertz CT molecular complexity index is 896. The summed E-state index contributed by atoms with van der Waals surface area (Å²) in [7, 11) is 0. The predicted molar refractivity (Wildman–Crippen MR) is 102 cm³/mol. The van der Waals surface area contributed by atoms with Gasteiger partial charge in [-0.25, -0.2) is 0 Å². The molecule has 0 fully saturated rings. The SMILES string of the molecule is Oc1ccccc1/C=N/C(/N=C/c1ccccc1O)c1ccccc1O. The lowest BCUT2D eigenvalue weighted by Crippen LogP contribution is -1.96. The molecule has 0 atom stereocenters. The quantitative estimate of drug-likeness (QED) is 0.610. The van der Waals surface area contributed by atoms with Crippen molar-refractivity contribution in [2.24, 2.45) is 9.98 Å². The Balaban J connectivity index is 1.96. The lowest BCUT2D eigenvalue weighted by Gasteiger charge is -2.10. The third kappa shape index (κ3) is 4.08. The fourth-order valence-corrected chi connectivity index (χ4v) is 2.40. The highest BCUT2D eigenvalue weighted by Gasteiger charge is 2.12. The zero-order valence-electron chi connectivity index (χ0n) is 13.9. The molecule has 0 spiro atoms. The van der Waals surface area contributed by atoms with Gasteiger partial charge in [-0.05, 0) is 30.3 Å². The lowest BCUT2D eigenvalue weighted by atomic mass is 10.1. The number of phenolic OH excluding ortho intramolecular Hbond substituents is 3. The van der Waals surface area contributed by atoms with Crippen molar-refractivity contribution in [2.75, 3.05) is 0 Å². The third-order valence-electron chi connectivity index (χ3n) is 3.80. The first-order chi connectivity index (χ1) is 12.6. The molecule has 130 valence electrons. The number of nitrogens with zero attached hydrogens (tertiary/aromatic N) is 2. The first-order valence-corrected chi connectivity index (χ1v) is 8.05. The van der Waals surface area contributed by atoms with Gasteiger partial charge in [0.15, 0.2) is 6.17 Å². The number of aliphatic imine (C=N–C) groups is 2. The predicted octanol–water partition coefficient (Wildman–Crippen LogP) is 4.04. The minimum absolute atomic E-state index is 0.0707. The molecule has 0 unspecified atom stereocenters. The Morgan fingerprint density at radius 3 is 1.46 bits per heavy atom. The molecule has 0 saturated heterocycles. The minimum Gasteiger partial charge on any atom is -0.508 e. The maximum absolute atomic E-state index is 10.1. The highest BCUT2D eigenvalue weighted by molar-refractivity contribution is 5.85. The summed E-state index contributed by atoms with van der Waals surface area (Å²) in [5, 5.41) is 29.9. The number of rotatable bonds is 5. The first-order valence-electron chi connectivity index (χ1n) is 8.05. The van der Waals surface area contributed by atoms with Crippen LogP contribution in [0.15, 0.2) is 82.8 Å². The van der Waals surface area contributed by atoms with Crippen LogP contribution >= 0.6 is 0 Å². The summed E-state index contributed by atoms with van der Waals surface area (Å²) in [6.07, 6.45) is 2.29. The molecule has 0 heterocycles. The van der Waals surface area contributed by atoms with E-state index >= 15 is 0 Å². The van der Waals surface area contributed by atoms with Crippen molar-refractivity contribution in [3.63, 3.8) is 0 Å². The zero-order chi connectivity index (χ0) is 18.4. The van der Waals surface area contributed by atoms with Gasteiger partial charge in [0, 0.05) is 29.1 Å². The number of hydrogen-bond acceptors (Lipinski definition) is 5. The van der Waals surface area contributed by atoms with Gasteiger partial charge in [0.05, 0.1) is 0 Å². The van der Waals surface area contributed by atoms with E-state index in [-0.39, 0.29) is 17.2 Å². The summed E-state index contributed by atoms with van der Waals surface area (Å²) in [6, 6.07) is 20.4. The average molecular weight is 346 g/mol. The Labute approximate surface area is 151 Å². The Kier molecular flexibility index (Phi) is 5.29. The van der Waals surface area contributed by atoms with Gasteiger partial charge >= 0.3 is 0 Å². The smallest absolute Gasteiger partial charge is 0.168 e. The van der Waals surface area contributed by atoms with Gasteiger partial charge in [0.25, 0.3) is 0 Å². The maximum Gasteiger partial charge on any atom is 0.168 e. The van der Waals surface area contributed by atoms with Crippen molar-refractivity contribution in [3.8, 4) is 17.2 Å². The number of benzene rings is 3. The van der Waals surface area contributed by atoms with Gasteiger partial charge in [0.2, 0.25) is 0 Å². The molecule has 0 aliphatic heterocycles. The van der Waals surface area contributed by atoms with E-state index in [0.717, 1.165) is 0 Å². The molecule has 0 radical (unpaired) electrons. The van der Waals surface area contributed by atoms with Crippen molar-refractivity contribution < 1.29 is 15.3 Å². The molecule has 5 nitrogen and oxygen atoms in total. The lowest BCUT2D eigenvalue weighted by molar-refractivity contribution is 0.463. The molecule has 5 heteroatoms. The van der Waals surface area contributed by atoms with Crippen molar-refractivity contribution in [1.29, 1.82) is 0 Å². The van der Waals surface area contributed by atoms with Crippen LogP contribution in [0.2, 0.25) is 0 Å². The molecular weight excluding hydrogens is 328 g/mol. The molecule has 0 bridgehead atoms. The molecular formula is C21H18N2O3. The second-order valence-corrected chi connectivity index (χ2v) is 5.61. The summed E-state index contributed by atoms with van der Waals surface area (Å²) in [6.45, 7) is 0. The molecule has 3 N–H and O–H groups in total. The number of hydrogen-bond donors (Lipinski definition) is 3. The van der Waals surface area contributed by atoms with Crippen LogP contribution < -0.4 is 0 Å². The molecule has 0 saturated carbocycles. The number of para-hydroxylation sites is 3. The fourth-order valence-electron chi connectivity index (χ4n) is 2.40. The number of aromatic hydroxyl groups is 3. The number of phenols is 3. The summed E-state index contributed by atoms with van der Waals surface area (Å²) in [5.41, 5.74) is 1.61. The summed E-state index contributed by atoms with van der Waals surface area (Å²) in [5.74, 6) is 0.287. The van der Waals surface area contributed by atoms with Crippen molar-refractivity contribution in [2.45, 2.75) is 6.17 Å². The largest absolute Gasteiger partial charge is 0.508 e. The second-order valence-electron chi connectivity index (χ2n) is 5.61. The van der Waals surface area contributed by atoms with E-state index in [0.29, 0.717) is 16.7 Å². The topological polar surface area (TPSA) is 85.4 Å². The van der Waals surface area contributed by atoms with Crippen LogP contribution in [0.5, 0.6) is 17.2 Å². The first kappa shape index (κ1) is 17.2. The average Bonchev–Trinajstić information content (AvgIpc) is 2.65. The van der Waals surface area contributed by atoms with E-state index in [1.165, 1.54) is 12.4 Å². The highest BCUT2D eigenvalue weighted by atomic mass is 16.3. The fraction of sp³-hybridized carbons (Fsp3) is 0.0476. The van der Waals surface area contributed by atoms with Gasteiger partial charge in [-0.3, -0.25) is 9.98 Å². The van der Waals surface area contributed by atoms with Crippen LogP contribution in [0.1, 0.15) is 22.9 Å². The van der Waals surface area contributed by atoms with E-state index in [4.69, 9.17) is 0 Å². The van der Waals surface area contributed by atoms with E-state index in [1.54, 1.807) is 72.8 Å². The van der Waals surface area contributed by atoms with E-state index in [1.807, 2.05) is 0 Å². The third-order valence-corrected chi connectivity index (χ3v) is 3.80. The Morgan fingerprint density at radius 1 is 0.577 bits per heavy atom. The zero-order valence-corrected chi connectivity index (χ0v) is 13.9. The van der Waals surface area contributed by atoms with Crippen LogP contribution in [0.4, 0.5) is 0 Å².